The quantitative estimate of drug-likeness (QED) is 0.719. The Bertz CT molecular complexity index is 938. The highest BCUT2D eigenvalue weighted by atomic mass is 79.9. The topological polar surface area (TPSA) is 60.0 Å². The van der Waals surface area contributed by atoms with E-state index in [-0.39, 0.29) is 12.1 Å². The fourth-order valence-electron chi connectivity index (χ4n) is 3.73. The molecule has 1 fully saturated rings. The number of methoxy groups -OCH3 is 2. The normalized spacial score (nSPS) is 23.2. The van der Waals surface area contributed by atoms with E-state index < -0.39 is 5.72 Å². The number of urea groups is 1. The summed E-state index contributed by atoms with van der Waals surface area (Å²) in [6, 6.07) is 8.69. The van der Waals surface area contributed by atoms with Crippen LogP contribution in [0.5, 0.6) is 17.2 Å². The van der Waals surface area contributed by atoms with Gasteiger partial charge in [-0.05, 0) is 31.2 Å². The van der Waals surface area contributed by atoms with Gasteiger partial charge in [0.25, 0.3) is 0 Å². The van der Waals surface area contributed by atoms with E-state index in [0.29, 0.717) is 28.6 Å². The van der Waals surface area contributed by atoms with Crippen molar-refractivity contribution in [3.05, 3.63) is 45.4 Å². The largest absolute Gasteiger partial charge is 0.495 e. The van der Waals surface area contributed by atoms with E-state index in [1.165, 1.54) is 14.2 Å². The first-order valence-corrected chi connectivity index (χ1v) is 9.54. The molecule has 2 aromatic carbocycles. The van der Waals surface area contributed by atoms with Crippen molar-refractivity contribution in [2.45, 2.75) is 25.1 Å². The summed E-state index contributed by atoms with van der Waals surface area (Å²) < 4.78 is 18.0. The number of hydrogen-bond acceptors (Lipinski definition) is 4. The van der Waals surface area contributed by atoms with Gasteiger partial charge in [0.1, 0.15) is 17.2 Å². The average molecular weight is 454 g/mol. The first-order valence-electron chi connectivity index (χ1n) is 8.37. The molecule has 1 N–H and O–H groups in total. The molecule has 2 aliphatic rings. The van der Waals surface area contributed by atoms with Crippen LogP contribution >= 0.6 is 27.5 Å². The van der Waals surface area contributed by atoms with Crippen molar-refractivity contribution >= 4 is 39.2 Å². The van der Waals surface area contributed by atoms with Crippen molar-refractivity contribution in [2.24, 2.45) is 0 Å². The molecule has 2 atom stereocenters. The number of carbonyl (C=O) groups is 1. The van der Waals surface area contributed by atoms with Gasteiger partial charge in [-0.2, -0.15) is 0 Å². The van der Waals surface area contributed by atoms with Gasteiger partial charge in [-0.3, -0.25) is 4.90 Å². The second-order valence-corrected chi connectivity index (χ2v) is 7.98. The first-order chi connectivity index (χ1) is 12.9. The van der Waals surface area contributed by atoms with E-state index in [0.717, 1.165) is 15.8 Å². The Morgan fingerprint density at radius 1 is 1.26 bits per heavy atom. The van der Waals surface area contributed by atoms with Crippen molar-refractivity contribution in [3.8, 4) is 17.2 Å². The maximum absolute atomic E-state index is 13.0. The number of amides is 2. The smallest absolute Gasteiger partial charge is 0.325 e. The lowest BCUT2D eigenvalue weighted by Gasteiger charge is -2.50. The Kier molecular flexibility index (Phi) is 4.39. The number of benzene rings is 2. The van der Waals surface area contributed by atoms with Crippen molar-refractivity contribution in [1.29, 1.82) is 0 Å². The van der Waals surface area contributed by atoms with Gasteiger partial charge in [-0.25, -0.2) is 4.79 Å². The highest BCUT2D eigenvalue weighted by Crippen LogP contribution is 2.49. The van der Waals surface area contributed by atoms with Crippen LogP contribution in [-0.2, 0) is 0 Å². The van der Waals surface area contributed by atoms with E-state index in [9.17, 15) is 4.79 Å². The lowest BCUT2D eigenvalue weighted by atomic mass is 9.90. The van der Waals surface area contributed by atoms with Crippen molar-refractivity contribution in [3.63, 3.8) is 0 Å². The summed E-state index contributed by atoms with van der Waals surface area (Å²) in [7, 11) is 3.06. The van der Waals surface area contributed by atoms with Gasteiger partial charge in [0.15, 0.2) is 5.72 Å². The molecule has 2 aliphatic heterocycles. The molecule has 8 heteroatoms. The molecule has 4 rings (SSSR count). The predicted octanol–water partition coefficient (Wildman–Crippen LogP) is 4.89. The molecule has 2 bridgehead atoms. The van der Waals surface area contributed by atoms with Crippen LogP contribution in [0.15, 0.2) is 34.8 Å². The SMILES string of the molecule is COc1cc(OC)c(N2C(=O)NC3CC2(C)Oc2ccc(Br)cc23)cc1Cl. The van der Waals surface area contributed by atoms with Gasteiger partial charge in [0.2, 0.25) is 0 Å². The second-order valence-electron chi connectivity index (χ2n) is 6.66. The van der Waals surface area contributed by atoms with Gasteiger partial charge in [0.05, 0.1) is 31.0 Å². The lowest BCUT2D eigenvalue weighted by Crippen LogP contribution is -2.65. The second kappa shape index (κ2) is 6.49. The Morgan fingerprint density at radius 2 is 2.00 bits per heavy atom. The fraction of sp³-hybridized carbons (Fsp3) is 0.316. The average Bonchev–Trinajstić information content (AvgIpc) is 2.62. The van der Waals surface area contributed by atoms with Crippen molar-refractivity contribution in [2.75, 3.05) is 19.1 Å². The molecule has 0 aromatic heterocycles. The standard InChI is InChI=1S/C19H18BrClN2O4/c1-19-9-13(11-6-10(20)4-5-15(11)27-19)22-18(24)23(19)14-7-12(21)16(25-2)8-17(14)26-3/h4-8,13H,9H2,1-3H3,(H,22,24). The zero-order valence-corrected chi connectivity index (χ0v) is 17.3. The number of anilines is 1. The molecule has 2 aromatic rings. The van der Waals surface area contributed by atoms with E-state index in [1.807, 2.05) is 25.1 Å². The predicted molar refractivity (Wildman–Crippen MR) is 106 cm³/mol. The van der Waals surface area contributed by atoms with E-state index in [2.05, 4.69) is 21.2 Å². The highest BCUT2D eigenvalue weighted by Gasteiger charge is 2.50. The summed E-state index contributed by atoms with van der Waals surface area (Å²) in [4.78, 5) is 14.6. The van der Waals surface area contributed by atoms with E-state index in [1.54, 1.807) is 17.0 Å². The number of fused-ring (bicyclic) bond motifs is 4. The van der Waals surface area contributed by atoms with E-state index >= 15 is 0 Å². The molecule has 2 heterocycles. The number of hydrogen-bond donors (Lipinski definition) is 1. The molecular weight excluding hydrogens is 436 g/mol. The van der Waals surface area contributed by atoms with Crippen LogP contribution in [0, 0.1) is 0 Å². The zero-order chi connectivity index (χ0) is 19.3. The maximum atomic E-state index is 13.0. The molecule has 6 nitrogen and oxygen atoms in total. The molecule has 2 unspecified atom stereocenters. The van der Waals surface area contributed by atoms with Crippen LogP contribution in [0.4, 0.5) is 10.5 Å². The molecule has 1 saturated heterocycles. The number of carbonyl (C=O) groups excluding carboxylic acids is 1. The molecule has 0 saturated carbocycles. The molecule has 0 spiro atoms. The summed E-state index contributed by atoms with van der Waals surface area (Å²) in [5, 5.41) is 3.44. The molecule has 142 valence electrons. The number of rotatable bonds is 3. The summed E-state index contributed by atoms with van der Waals surface area (Å²) in [5.74, 6) is 1.68. The minimum absolute atomic E-state index is 0.139. The summed E-state index contributed by atoms with van der Waals surface area (Å²) >= 11 is 9.79. The maximum Gasteiger partial charge on any atom is 0.325 e. The number of nitrogens with zero attached hydrogens (tertiary/aromatic N) is 1. The van der Waals surface area contributed by atoms with Crippen LogP contribution in [0.3, 0.4) is 0 Å². The minimum Gasteiger partial charge on any atom is -0.495 e. The summed E-state index contributed by atoms with van der Waals surface area (Å²) in [5.41, 5.74) is 0.579. The Morgan fingerprint density at radius 3 is 2.70 bits per heavy atom. The Hall–Kier alpha value is -2.12. The first kappa shape index (κ1) is 18.3. The molecule has 2 amide bonds. The van der Waals surface area contributed by atoms with Crippen LogP contribution < -0.4 is 24.4 Å². The summed E-state index contributed by atoms with van der Waals surface area (Å²) in [6.07, 6.45) is 0.578. The van der Waals surface area contributed by atoms with Crippen LogP contribution in [0.2, 0.25) is 5.02 Å². The molecule has 27 heavy (non-hydrogen) atoms. The molecule has 0 aliphatic carbocycles. The third-order valence-electron chi connectivity index (χ3n) is 4.93. The molecular formula is C19H18BrClN2O4. The van der Waals surface area contributed by atoms with Crippen molar-refractivity contribution in [1.82, 2.24) is 5.32 Å². The van der Waals surface area contributed by atoms with Gasteiger partial charge in [-0.15, -0.1) is 0 Å². The summed E-state index contributed by atoms with van der Waals surface area (Å²) in [6.45, 7) is 1.89. The zero-order valence-electron chi connectivity index (χ0n) is 15.0. The van der Waals surface area contributed by atoms with Crippen LogP contribution in [-0.4, -0.2) is 26.0 Å². The number of ether oxygens (including phenoxy) is 3. The Labute approximate surface area is 170 Å². The van der Waals surface area contributed by atoms with Crippen LogP contribution in [0.25, 0.3) is 0 Å². The van der Waals surface area contributed by atoms with Gasteiger partial charge in [-0.1, -0.05) is 27.5 Å². The minimum atomic E-state index is -0.890. The Balaban J connectivity index is 1.83. The third-order valence-corrected chi connectivity index (χ3v) is 5.72. The monoisotopic (exact) mass is 452 g/mol. The number of nitrogens with one attached hydrogen (secondary N) is 1. The van der Waals surface area contributed by atoms with Gasteiger partial charge >= 0.3 is 6.03 Å². The fourth-order valence-corrected chi connectivity index (χ4v) is 4.34. The highest BCUT2D eigenvalue weighted by molar-refractivity contribution is 9.10. The lowest BCUT2D eigenvalue weighted by molar-refractivity contribution is 0.0374. The van der Waals surface area contributed by atoms with Crippen molar-refractivity contribution < 1.29 is 19.0 Å². The molecule has 0 radical (unpaired) electrons. The van der Waals surface area contributed by atoms with E-state index in [4.69, 9.17) is 25.8 Å². The van der Waals surface area contributed by atoms with Gasteiger partial charge < -0.3 is 19.5 Å². The van der Waals surface area contributed by atoms with Gasteiger partial charge in [0, 0.05) is 22.5 Å². The third kappa shape index (κ3) is 2.89. The van der Waals surface area contributed by atoms with Crippen LogP contribution in [0.1, 0.15) is 24.9 Å². The number of halogens is 2.